The van der Waals surface area contributed by atoms with E-state index in [0.29, 0.717) is 23.9 Å². The smallest absolute Gasteiger partial charge is 0.176 e. The first-order valence-corrected chi connectivity index (χ1v) is 10.3. The molecule has 0 spiro atoms. The number of hydrogen-bond acceptors (Lipinski definition) is 4. The van der Waals surface area contributed by atoms with Gasteiger partial charge in [-0.3, -0.25) is 9.69 Å². The van der Waals surface area contributed by atoms with Crippen LogP contribution in [-0.2, 0) is 0 Å². The zero-order valence-electron chi connectivity index (χ0n) is 16.3. The van der Waals surface area contributed by atoms with Gasteiger partial charge in [0, 0.05) is 24.0 Å². The topological polar surface area (TPSA) is 49.8 Å². The van der Waals surface area contributed by atoms with E-state index in [2.05, 4.69) is 47.4 Å². The first-order valence-electron chi connectivity index (χ1n) is 10.3. The van der Waals surface area contributed by atoms with Gasteiger partial charge in [0.2, 0.25) is 0 Å². The number of fused-ring (bicyclic) bond motifs is 2. The van der Waals surface area contributed by atoms with Crippen LogP contribution < -0.4 is 4.74 Å². The molecular weight excluding hydrogens is 362 g/mol. The highest BCUT2D eigenvalue weighted by molar-refractivity contribution is 5.97. The van der Waals surface area contributed by atoms with Crippen molar-refractivity contribution in [2.24, 2.45) is 11.8 Å². The fraction of sp³-hybridized carbons (Fsp3) is 0.320. The number of phenols is 1. The lowest BCUT2D eigenvalue weighted by Gasteiger charge is -2.20. The molecule has 29 heavy (non-hydrogen) atoms. The lowest BCUT2D eigenvalue weighted by Crippen LogP contribution is -2.30. The monoisotopic (exact) mass is 387 g/mol. The van der Waals surface area contributed by atoms with Gasteiger partial charge in [-0.25, -0.2) is 0 Å². The Labute approximate surface area is 170 Å². The van der Waals surface area contributed by atoms with Crippen LogP contribution in [0, 0.1) is 11.8 Å². The molecule has 5 rings (SSSR count). The number of likely N-dealkylation sites (tertiary alicyclic amines) is 1. The van der Waals surface area contributed by atoms with Crippen molar-refractivity contribution in [1.82, 2.24) is 4.90 Å². The van der Waals surface area contributed by atoms with E-state index in [1.165, 1.54) is 10.8 Å². The van der Waals surface area contributed by atoms with E-state index in [4.69, 9.17) is 4.74 Å². The molecular formula is C25H25NO3. The molecule has 0 unspecified atom stereocenters. The summed E-state index contributed by atoms with van der Waals surface area (Å²) >= 11 is 0. The van der Waals surface area contributed by atoms with Gasteiger partial charge in [0.25, 0.3) is 0 Å². The van der Waals surface area contributed by atoms with Gasteiger partial charge in [-0.2, -0.15) is 0 Å². The number of phenolic OH excluding ortho intramolecular Hbond substituents is 1. The fourth-order valence-electron chi connectivity index (χ4n) is 4.99. The van der Waals surface area contributed by atoms with E-state index in [0.717, 1.165) is 31.7 Å². The third-order valence-electron chi connectivity index (χ3n) is 6.38. The highest BCUT2D eigenvalue weighted by Gasteiger charge is 2.42. The molecule has 2 fully saturated rings. The third kappa shape index (κ3) is 3.73. The molecule has 3 aromatic rings. The number of carbonyl (C=O) groups is 1. The minimum absolute atomic E-state index is 0.119. The van der Waals surface area contributed by atoms with Gasteiger partial charge in [-0.15, -0.1) is 0 Å². The van der Waals surface area contributed by atoms with Crippen LogP contribution in [0.2, 0.25) is 0 Å². The summed E-state index contributed by atoms with van der Waals surface area (Å²) in [6.45, 7) is 2.38. The Morgan fingerprint density at radius 2 is 1.62 bits per heavy atom. The third-order valence-corrected chi connectivity index (χ3v) is 6.38. The van der Waals surface area contributed by atoms with E-state index >= 15 is 0 Å². The average molecular weight is 387 g/mol. The molecule has 3 atom stereocenters. The van der Waals surface area contributed by atoms with E-state index in [1.54, 1.807) is 24.3 Å². The Balaban J connectivity index is 1.19. The van der Waals surface area contributed by atoms with E-state index in [-0.39, 0.29) is 17.6 Å². The summed E-state index contributed by atoms with van der Waals surface area (Å²) in [6, 6.07) is 21.1. The lowest BCUT2D eigenvalue weighted by atomic mass is 10.0. The van der Waals surface area contributed by atoms with Crippen LogP contribution >= 0.6 is 0 Å². The molecule has 1 heterocycles. The number of rotatable bonds is 5. The maximum Gasteiger partial charge on any atom is 0.176 e. The van der Waals surface area contributed by atoms with Crippen molar-refractivity contribution in [2.75, 3.05) is 19.6 Å². The number of ether oxygens (including phenoxy) is 1. The van der Waals surface area contributed by atoms with Crippen molar-refractivity contribution in [2.45, 2.75) is 18.9 Å². The number of Topliss-reactive ketones (excluding diaryl/α,β-unsaturated/α-hetero) is 1. The standard InChI is InChI=1S/C25H25NO3/c27-21-10-8-18(9-11-21)24(28)16-26-14-19-12-22(13-20(19)15-26)29-25-7-3-5-17-4-1-2-6-23(17)25/h1-11,19-20,22,27H,12-16H2/t19-,20+,22+. The van der Waals surface area contributed by atoms with Crippen LogP contribution in [-0.4, -0.2) is 41.5 Å². The molecule has 3 aromatic carbocycles. The molecule has 4 nitrogen and oxygen atoms in total. The Hall–Kier alpha value is -2.85. The number of aromatic hydroxyl groups is 1. The predicted octanol–water partition coefficient (Wildman–Crippen LogP) is 4.52. The Bertz CT molecular complexity index is 1010. The van der Waals surface area contributed by atoms with Gasteiger partial charge in [-0.1, -0.05) is 36.4 Å². The van der Waals surface area contributed by atoms with Crippen molar-refractivity contribution in [3.05, 3.63) is 72.3 Å². The average Bonchev–Trinajstić information content (AvgIpc) is 3.26. The van der Waals surface area contributed by atoms with Gasteiger partial charge < -0.3 is 9.84 Å². The highest BCUT2D eigenvalue weighted by atomic mass is 16.5. The molecule has 0 amide bonds. The normalized spacial score (nSPS) is 23.9. The zero-order valence-corrected chi connectivity index (χ0v) is 16.3. The van der Waals surface area contributed by atoms with Gasteiger partial charge in [0.15, 0.2) is 5.78 Å². The molecule has 1 saturated heterocycles. The second kappa shape index (κ2) is 7.53. The van der Waals surface area contributed by atoms with Crippen LogP contribution in [0.25, 0.3) is 10.8 Å². The molecule has 4 heteroatoms. The van der Waals surface area contributed by atoms with Crippen LogP contribution in [0.1, 0.15) is 23.2 Å². The molecule has 1 aliphatic carbocycles. The molecule has 148 valence electrons. The molecule has 2 aliphatic rings. The summed E-state index contributed by atoms with van der Waals surface area (Å²) in [7, 11) is 0. The van der Waals surface area contributed by atoms with Crippen LogP contribution in [0.15, 0.2) is 66.7 Å². The summed E-state index contributed by atoms with van der Waals surface area (Å²) in [6.07, 6.45) is 2.36. The molecule has 0 aromatic heterocycles. The van der Waals surface area contributed by atoms with Crippen LogP contribution in [0.3, 0.4) is 0 Å². The number of hydrogen-bond donors (Lipinski definition) is 1. The van der Waals surface area contributed by atoms with E-state index in [1.807, 2.05) is 0 Å². The van der Waals surface area contributed by atoms with Gasteiger partial charge in [0.1, 0.15) is 11.5 Å². The van der Waals surface area contributed by atoms with E-state index < -0.39 is 0 Å². The maximum atomic E-state index is 12.5. The molecule has 1 saturated carbocycles. The summed E-state index contributed by atoms with van der Waals surface area (Å²) in [5, 5.41) is 11.8. The minimum atomic E-state index is 0.119. The second-order valence-electron chi connectivity index (χ2n) is 8.37. The highest BCUT2D eigenvalue weighted by Crippen LogP contribution is 2.40. The van der Waals surface area contributed by atoms with E-state index in [9.17, 15) is 9.90 Å². The van der Waals surface area contributed by atoms with Crippen molar-refractivity contribution in [3.8, 4) is 11.5 Å². The van der Waals surface area contributed by atoms with Crippen molar-refractivity contribution in [3.63, 3.8) is 0 Å². The summed E-state index contributed by atoms with van der Waals surface area (Å²) in [5.41, 5.74) is 0.664. The van der Waals surface area contributed by atoms with Gasteiger partial charge in [-0.05, 0) is 60.4 Å². The predicted molar refractivity (Wildman–Crippen MR) is 113 cm³/mol. The number of benzene rings is 3. The Morgan fingerprint density at radius 3 is 2.38 bits per heavy atom. The number of nitrogens with zero attached hydrogens (tertiary/aromatic N) is 1. The van der Waals surface area contributed by atoms with Crippen molar-refractivity contribution >= 4 is 16.6 Å². The summed E-state index contributed by atoms with van der Waals surface area (Å²) in [5.74, 6) is 2.49. The van der Waals surface area contributed by atoms with Crippen LogP contribution in [0.5, 0.6) is 11.5 Å². The van der Waals surface area contributed by atoms with Crippen LogP contribution in [0.4, 0.5) is 0 Å². The number of carbonyl (C=O) groups excluding carboxylic acids is 1. The maximum absolute atomic E-state index is 12.5. The Morgan fingerprint density at radius 1 is 0.931 bits per heavy atom. The summed E-state index contributed by atoms with van der Waals surface area (Å²) < 4.78 is 6.41. The SMILES string of the molecule is O=C(CN1C[C@H]2C[C@H](Oc3cccc4ccccc34)C[C@H]2C1)c1ccc(O)cc1. The minimum Gasteiger partial charge on any atom is -0.508 e. The zero-order chi connectivity index (χ0) is 19.8. The first kappa shape index (κ1) is 18.2. The largest absolute Gasteiger partial charge is 0.508 e. The van der Waals surface area contributed by atoms with Crippen molar-refractivity contribution in [1.29, 1.82) is 0 Å². The van der Waals surface area contributed by atoms with Gasteiger partial charge in [0.05, 0.1) is 12.6 Å². The quantitative estimate of drug-likeness (QED) is 0.654. The van der Waals surface area contributed by atoms with Crippen molar-refractivity contribution < 1.29 is 14.6 Å². The molecule has 1 aliphatic heterocycles. The summed E-state index contributed by atoms with van der Waals surface area (Å²) in [4.78, 5) is 14.8. The second-order valence-corrected chi connectivity index (χ2v) is 8.37. The first-order chi connectivity index (χ1) is 14.2. The molecule has 0 bridgehead atoms. The Kier molecular flexibility index (Phi) is 4.72. The molecule has 1 N–H and O–H groups in total. The lowest BCUT2D eigenvalue weighted by molar-refractivity contribution is 0.0937. The molecule has 0 radical (unpaired) electrons. The van der Waals surface area contributed by atoms with Gasteiger partial charge >= 0.3 is 0 Å². The fourth-order valence-corrected chi connectivity index (χ4v) is 4.99. The number of ketones is 1.